The average molecular weight is 273 g/mol. The first-order valence-corrected chi connectivity index (χ1v) is 7.02. The quantitative estimate of drug-likeness (QED) is 0.628. The van der Waals surface area contributed by atoms with E-state index < -0.39 is 5.97 Å². The normalized spacial score (nSPS) is 10.5. The predicted octanol–water partition coefficient (Wildman–Crippen LogP) is 1.22. The third-order valence-electron chi connectivity index (χ3n) is 2.80. The molecule has 6 heteroatoms. The zero-order valence-corrected chi connectivity index (χ0v) is 12.3. The van der Waals surface area contributed by atoms with Crippen LogP contribution in [0.5, 0.6) is 0 Å². The van der Waals surface area contributed by atoms with Crippen molar-refractivity contribution in [2.75, 3.05) is 39.3 Å². The van der Waals surface area contributed by atoms with E-state index in [1.807, 2.05) is 6.92 Å². The van der Waals surface area contributed by atoms with Crippen LogP contribution in [0.2, 0.25) is 0 Å². The van der Waals surface area contributed by atoms with Gasteiger partial charge in [-0.3, -0.25) is 4.79 Å². The molecule has 0 radical (unpaired) electrons. The number of likely N-dealkylation sites (N-methyl/N-ethyl adjacent to an activating group) is 1. The second-order valence-electron chi connectivity index (χ2n) is 4.48. The molecular weight excluding hydrogens is 246 g/mol. The van der Waals surface area contributed by atoms with Gasteiger partial charge in [0.05, 0.1) is 0 Å². The lowest BCUT2D eigenvalue weighted by Gasteiger charge is -2.23. The molecule has 112 valence electrons. The van der Waals surface area contributed by atoms with E-state index in [0.717, 1.165) is 32.5 Å². The van der Waals surface area contributed by atoms with Crippen LogP contribution in [0.1, 0.15) is 33.6 Å². The van der Waals surface area contributed by atoms with E-state index in [0.29, 0.717) is 13.1 Å². The number of carbonyl (C=O) groups excluding carboxylic acids is 1. The molecule has 0 aromatic carbocycles. The molecule has 0 unspecified atom stereocenters. The zero-order chi connectivity index (χ0) is 14.7. The minimum atomic E-state index is -0.982. The van der Waals surface area contributed by atoms with Crippen LogP contribution in [0, 0.1) is 0 Å². The molecule has 0 aromatic heterocycles. The van der Waals surface area contributed by atoms with Crippen molar-refractivity contribution in [3.05, 3.63) is 0 Å². The fraction of sp³-hybridized carbons (Fsp3) is 0.846. The number of nitrogens with zero attached hydrogens (tertiary/aromatic N) is 2. The fourth-order valence-electron chi connectivity index (χ4n) is 1.86. The van der Waals surface area contributed by atoms with E-state index in [-0.39, 0.29) is 12.6 Å². The number of hydrogen-bond donors (Lipinski definition) is 2. The van der Waals surface area contributed by atoms with Crippen LogP contribution in [-0.4, -0.2) is 66.2 Å². The van der Waals surface area contributed by atoms with Crippen molar-refractivity contribution >= 4 is 12.0 Å². The molecule has 0 aromatic rings. The topological polar surface area (TPSA) is 72.9 Å². The van der Waals surface area contributed by atoms with Crippen molar-refractivity contribution in [1.29, 1.82) is 0 Å². The number of rotatable bonds is 10. The van der Waals surface area contributed by atoms with Gasteiger partial charge in [-0.2, -0.15) is 0 Å². The second-order valence-corrected chi connectivity index (χ2v) is 4.48. The van der Waals surface area contributed by atoms with Crippen LogP contribution in [-0.2, 0) is 4.79 Å². The molecule has 0 atom stereocenters. The maximum absolute atomic E-state index is 11.8. The van der Waals surface area contributed by atoms with Gasteiger partial charge in [-0.1, -0.05) is 20.8 Å². The number of urea groups is 1. The monoisotopic (exact) mass is 273 g/mol. The van der Waals surface area contributed by atoms with Crippen LogP contribution < -0.4 is 5.32 Å². The lowest BCUT2D eigenvalue weighted by atomic mass is 10.4. The Morgan fingerprint density at radius 2 is 1.68 bits per heavy atom. The Kier molecular flexibility index (Phi) is 9.88. The Morgan fingerprint density at radius 1 is 1.05 bits per heavy atom. The summed E-state index contributed by atoms with van der Waals surface area (Å²) in [6.45, 7) is 9.66. The van der Waals surface area contributed by atoms with Crippen LogP contribution in [0.15, 0.2) is 0 Å². The number of amides is 2. The molecule has 19 heavy (non-hydrogen) atoms. The van der Waals surface area contributed by atoms with E-state index >= 15 is 0 Å². The zero-order valence-electron chi connectivity index (χ0n) is 12.3. The SMILES string of the molecule is CCCN(CC)CCNC(=O)N(CCC)CC(=O)O. The highest BCUT2D eigenvalue weighted by atomic mass is 16.4. The van der Waals surface area contributed by atoms with Crippen molar-refractivity contribution in [2.45, 2.75) is 33.6 Å². The number of nitrogens with one attached hydrogen (secondary N) is 1. The van der Waals surface area contributed by atoms with Crippen molar-refractivity contribution in [2.24, 2.45) is 0 Å². The smallest absolute Gasteiger partial charge is 0.323 e. The van der Waals surface area contributed by atoms with Crippen molar-refractivity contribution in [3.8, 4) is 0 Å². The van der Waals surface area contributed by atoms with Gasteiger partial charge in [-0.25, -0.2) is 4.79 Å². The molecule has 0 bridgehead atoms. The Balaban J connectivity index is 4.07. The number of carboxylic acid groups (broad SMARTS) is 1. The predicted molar refractivity (Wildman–Crippen MR) is 75.3 cm³/mol. The molecule has 0 aliphatic carbocycles. The van der Waals surface area contributed by atoms with E-state index in [4.69, 9.17) is 5.11 Å². The van der Waals surface area contributed by atoms with Crippen LogP contribution >= 0.6 is 0 Å². The summed E-state index contributed by atoms with van der Waals surface area (Å²) >= 11 is 0. The van der Waals surface area contributed by atoms with Gasteiger partial charge >= 0.3 is 12.0 Å². The summed E-state index contributed by atoms with van der Waals surface area (Å²) in [5.74, 6) is -0.982. The number of aliphatic carboxylic acids is 1. The first-order chi connectivity index (χ1) is 9.04. The molecule has 0 saturated carbocycles. The summed E-state index contributed by atoms with van der Waals surface area (Å²) < 4.78 is 0. The molecule has 0 saturated heterocycles. The maximum Gasteiger partial charge on any atom is 0.323 e. The Labute approximate surface area is 115 Å². The second kappa shape index (κ2) is 10.6. The summed E-state index contributed by atoms with van der Waals surface area (Å²) in [7, 11) is 0. The van der Waals surface area contributed by atoms with E-state index in [2.05, 4.69) is 24.1 Å². The number of hydrogen-bond acceptors (Lipinski definition) is 3. The van der Waals surface area contributed by atoms with Crippen LogP contribution in [0.4, 0.5) is 4.79 Å². The van der Waals surface area contributed by atoms with Gasteiger partial charge in [0.2, 0.25) is 0 Å². The van der Waals surface area contributed by atoms with Crippen molar-refractivity contribution < 1.29 is 14.7 Å². The highest BCUT2D eigenvalue weighted by Crippen LogP contribution is 1.94. The van der Waals surface area contributed by atoms with Crippen molar-refractivity contribution in [3.63, 3.8) is 0 Å². The largest absolute Gasteiger partial charge is 0.480 e. The van der Waals surface area contributed by atoms with Crippen LogP contribution in [0.25, 0.3) is 0 Å². The minimum Gasteiger partial charge on any atom is -0.480 e. The molecule has 2 N–H and O–H groups in total. The van der Waals surface area contributed by atoms with Gasteiger partial charge in [0.1, 0.15) is 6.54 Å². The fourth-order valence-corrected chi connectivity index (χ4v) is 1.86. The van der Waals surface area contributed by atoms with Gasteiger partial charge in [0, 0.05) is 19.6 Å². The minimum absolute atomic E-state index is 0.244. The molecular formula is C13H27N3O3. The number of carbonyl (C=O) groups is 2. The third-order valence-corrected chi connectivity index (χ3v) is 2.80. The van der Waals surface area contributed by atoms with Crippen molar-refractivity contribution in [1.82, 2.24) is 15.1 Å². The molecule has 0 aliphatic rings. The van der Waals surface area contributed by atoms with Gasteiger partial charge in [0.25, 0.3) is 0 Å². The lowest BCUT2D eigenvalue weighted by Crippen LogP contribution is -2.45. The third kappa shape index (κ3) is 8.42. The molecule has 0 rings (SSSR count). The van der Waals surface area contributed by atoms with Gasteiger partial charge in [-0.05, 0) is 25.9 Å². The molecule has 0 spiro atoms. The summed E-state index contributed by atoms with van der Waals surface area (Å²) in [5, 5.41) is 11.5. The molecule has 0 aliphatic heterocycles. The maximum atomic E-state index is 11.8. The summed E-state index contributed by atoms with van der Waals surface area (Å²) in [4.78, 5) is 26.1. The van der Waals surface area contributed by atoms with Crippen LogP contribution in [0.3, 0.4) is 0 Å². The Morgan fingerprint density at radius 3 is 2.16 bits per heavy atom. The van der Waals surface area contributed by atoms with Gasteiger partial charge < -0.3 is 20.2 Å². The first kappa shape index (κ1) is 17.7. The lowest BCUT2D eigenvalue weighted by molar-refractivity contribution is -0.137. The standard InChI is InChI=1S/C13H27N3O3/c1-4-8-15(6-3)10-7-14-13(19)16(9-5-2)11-12(17)18/h4-11H2,1-3H3,(H,14,19)(H,17,18). The Hall–Kier alpha value is -1.30. The summed E-state index contributed by atoms with van der Waals surface area (Å²) in [6, 6.07) is -0.295. The summed E-state index contributed by atoms with van der Waals surface area (Å²) in [6.07, 6.45) is 1.83. The molecule has 0 heterocycles. The Bertz CT molecular complexity index is 272. The number of carboxylic acids is 1. The van der Waals surface area contributed by atoms with Gasteiger partial charge in [0.15, 0.2) is 0 Å². The molecule has 2 amide bonds. The highest BCUT2D eigenvalue weighted by Gasteiger charge is 2.15. The van der Waals surface area contributed by atoms with E-state index in [1.165, 1.54) is 4.90 Å². The van der Waals surface area contributed by atoms with E-state index in [9.17, 15) is 9.59 Å². The molecule has 0 fully saturated rings. The first-order valence-electron chi connectivity index (χ1n) is 7.02. The highest BCUT2D eigenvalue weighted by molar-refractivity contribution is 5.80. The van der Waals surface area contributed by atoms with E-state index in [1.54, 1.807) is 0 Å². The summed E-state index contributed by atoms with van der Waals surface area (Å²) in [5.41, 5.74) is 0. The van der Waals surface area contributed by atoms with Gasteiger partial charge in [-0.15, -0.1) is 0 Å². The molecule has 6 nitrogen and oxygen atoms in total. The average Bonchev–Trinajstić information content (AvgIpc) is 2.36.